The molecule has 2 aromatic carbocycles. The summed E-state index contributed by atoms with van der Waals surface area (Å²) >= 11 is 0. The molecule has 1 heterocycles. The smallest absolute Gasteiger partial charge is 0.319 e. The molecule has 0 saturated carbocycles. The van der Waals surface area contributed by atoms with E-state index in [9.17, 15) is 14.9 Å². The number of carbonyl (C=O) groups excluding carboxylic acids is 1. The molecule has 3 aromatic rings. The number of non-ortho nitro benzene ring substituents is 1. The lowest BCUT2D eigenvalue weighted by Gasteiger charge is -2.08. The number of anilines is 1. The van der Waals surface area contributed by atoms with E-state index in [1.165, 1.54) is 18.2 Å². The topological polar surface area (TPSA) is 102 Å². The second-order valence-corrected chi connectivity index (χ2v) is 5.56. The van der Waals surface area contributed by atoms with Gasteiger partial charge in [0.2, 0.25) is 0 Å². The van der Waals surface area contributed by atoms with Crippen LogP contribution in [0, 0.1) is 10.1 Å². The molecule has 8 heteroatoms. The van der Waals surface area contributed by atoms with E-state index in [4.69, 9.17) is 0 Å². The number of nitro groups is 1. The van der Waals surface area contributed by atoms with E-state index < -0.39 is 11.0 Å². The Hall–Kier alpha value is -3.68. The maximum atomic E-state index is 11.9. The number of rotatable bonds is 6. The number of carbonyl (C=O) groups is 1. The molecule has 1 aromatic heterocycles. The van der Waals surface area contributed by atoms with Gasteiger partial charge in [-0.25, -0.2) is 9.48 Å². The lowest BCUT2D eigenvalue weighted by atomic mass is 10.1. The third kappa shape index (κ3) is 4.44. The molecule has 2 amide bonds. The Bertz CT molecular complexity index is 891. The molecule has 0 aliphatic heterocycles. The van der Waals surface area contributed by atoms with Gasteiger partial charge >= 0.3 is 6.03 Å². The van der Waals surface area contributed by atoms with Crippen molar-refractivity contribution in [3.8, 4) is 5.69 Å². The zero-order valence-corrected chi connectivity index (χ0v) is 13.8. The molecule has 8 nitrogen and oxygen atoms in total. The number of hydrogen-bond donors (Lipinski definition) is 2. The summed E-state index contributed by atoms with van der Waals surface area (Å²) in [6.45, 7) is 0.446. The number of nitrogens with zero attached hydrogens (tertiary/aromatic N) is 3. The first-order chi connectivity index (χ1) is 12.6. The van der Waals surface area contributed by atoms with Gasteiger partial charge in [-0.3, -0.25) is 10.1 Å². The average Bonchev–Trinajstić information content (AvgIpc) is 3.17. The third-order valence-corrected chi connectivity index (χ3v) is 3.72. The van der Waals surface area contributed by atoms with Crippen molar-refractivity contribution in [2.45, 2.75) is 6.42 Å². The molecule has 0 radical (unpaired) electrons. The molecule has 0 bridgehead atoms. The molecule has 2 N–H and O–H groups in total. The summed E-state index contributed by atoms with van der Waals surface area (Å²) in [5, 5.41) is 20.2. The van der Waals surface area contributed by atoms with Gasteiger partial charge in [-0.15, -0.1) is 0 Å². The molecule has 0 unspecified atom stereocenters. The fraction of sp³-hybridized carbons (Fsp3) is 0.111. The molecule has 0 spiro atoms. The summed E-state index contributed by atoms with van der Waals surface area (Å²) in [6.07, 6.45) is 4.26. The van der Waals surface area contributed by atoms with E-state index in [0.29, 0.717) is 18.7 Å². The van der Waals surface area contributed by atoms with Gasteiger partial charge in [0, 0.05) is 36.8 Å². The molecule has 0 atom stereocenters. The number of benzene rings is 2. The van der Waals surface area contributed by atoms with Crippen molar-refractivity contribution < 1.29 is 9.72 Å². The number of aromatic nitrogens is 2. The summed E-state index contributed by atoms with van der Waals surface area (Å²) in [6, 6.07) is 15.2. The molecule has 3 rings (SSSR count). The largest absolute Gasteiger partial charge is 0.338 e. The van der Waals surface area contributed by atoms with E-state index in [2.05, 4.69) is 15.7 Å². The van der Waals surface area contributed by atoms with Crippen molar-refractivity contribution in [2.75, 3.05) is 11.9 Å². The fourth-order valence-electron chi connectivity index (χ4n) is 2.43. The number of nitro benzene ring substituents is 1. The predicted molar refractivity (Wildman–Crippen MR) is 97.4 cm³/mol. The molecule has 132 valence electrons. The van der Waals surface area contributed by atoms with Crippen LogP contribution in [-0.2, 0) is 6.42 Å². The van der Waals surface area contributed by atoms with Gasteiger partial charge in [0.25, 0.3) is 5.69 Å². The Kier molecular flexibility index (Phi) is 5.23. The molecule has 0 saturated heterocycles. The van der Waals surface area contributed by atoms with Crippen LogP contribution in [0.15, 0.2) is 67.0 Å². The Morgan fingerprint density at radius 1 is 1.15 bits per heavy atom. The minimum atomic E-state index is -0.504. The highest BCUT2D eigenvalue weighted by Crippen LogP contribution is 2.16. The summed E-state index contributed by atoms with van der Waals surface area (Å²) < 4.78 is 1.77. The number of hydrogen-bond acceptors (Lipinski definition) is 4. The minimum absolute atomic E-state index is 0.0694. The van der Waals surface area contributed by atoms with Crippen LogP contribution in [0.4, 0.5) is 16.2 Å². The van der Waals surface area contributed by atoms with Crippen molar-refractivity contribution in [3.05, 3.63) is 82.7 Å². The fourth-order valence-corrected chi connectivity index (χ4v) is 2.43. The SMILES string of the molecule is O=C(NCCc1ccc(-n2cccn2)cc1)Nc1cccc([N+](=O)[O-])c1. The van der Waals surface area contributed by atoms with Crippen molar-refractivity contribution in [1.82, 2.24) is 15.1 Å². The number of nitrogens with one attached hydrogen (secondary N) is 2. The minimum Gasteiger partial charge on any atom is -0.338 e. The first-order valence-electron chi connectivity index (χ1n) is 8.00. The van der Waals surface area contributed by atoms with Gasteiger partial charge in [0.1, 0.15) is 0 Å². The quantitative estimate of drug-likeness (QED) is 0.526. The molecule has 0 aliphatic carbocycles. The van der Waals surface area contributed by atoms with Crippen LogP contribution in [0.25, 0.3) is 5.69 Å². The highest BCUT2D eigenvalue weighted by molar-refractivity contribution is 5.89. The van der Waals surface area contributed by atoms with E-state index >= 15 is 0 Å². The Balaban J connectivity index is 1.48. The maximum Gasteiger partial charge on any atom is 0.319 e. The van der Waals surface area contributed by atoms with Crippen LogP contribution in [0.5, 0.6) is 0 Å². The van der Waals surface area contributed by atoms with E-state index in [0.717, 1.165) is 11.3 Å². The molecular formula is C18H17N5O3. The molecular weight excluding hydrogens is 334 g/mol. The highest BCUT2D eigenvalue weighted by Gasteiger charge is 2.07. The van der Waals surface area contributed by atoms with E-state index in [1.807, 2.05) is 36.5 Å². The summed E-state index contributed by atoms with van der Waals surface area (Å²) in [5.74, 6) is 0. The second-order valence-electron chi connectivity index (χ2n) is 5.56. The zero-order valence-electron chi connectivity index (χ0n) is 13.8. The van der Waals surface area contributed by atoms with E-state index in [-0.39, 0.29) is 5.69 Å². The summed E-state index contributed by atoms with van der Waals surface area (Å²) in [4.78, 5) is 22.1. The summed E-state index contributed by atoms with van der Waals surface area (Å²) in [7, 11) is 0. The van der Waals surface area contributed by atoms with Gasteiger partial charge in [-0.05, 0) is 36.2 Å². The third-order valence-electron chi connectivity index (χ3n) is 3.72. The Morgan fingerprint density at radius 3 is 2.65 bits per heavy atom. The average molecular weight is 351 g/mol. The van der Waals surface area contributed by atoms with Crippen molar-refractivity contribution in [2.24, 2.45) is 0 Å². The lowest BCUT2D eigenvalue weighted by Crippen LogP contribution is -2.30. The molecule has 0 fully saturated rings. The van der Waals surface area contributed by atoms with Crippen molar-refractivity contribution >= 4 is 17.4 Å². The van der Waals surface area contributed by atoms with E-state index in [1.54, 1.807) is 16.9 Å². The van der Waals surface area contributed by atoms with Gasteiger partial charge in [-0.1, -0.05) is 18.2 Å². The Labute approximate surface area is 149 Å². The summed E-state index contributed by atoms with van der Waals surface area (Å²) in [5.41, 5.74) is 2.35. The van der Waals surface area contributed by atoms with Crippen LogP contribution in [0.1, 0.15) is 5.56 Å². The van der Waals surface area contributed by atoms with Gasteiger partial charge in [0.15, 0.2) is 0 Å². The van der Waals surface area contributed by atoms with Crippen LogP contribution in [0.2, 0.25) is 0 Å². The van der Waals surface area contributed by atoms with Gasteiger partial charge in [-0.2, -0.15) is 5.10 Å². The lowest BCUT2D eigenvalue weighted by molar-refractivity contribution is -0.384. The van der Waals surface area contributed by atoms with Crippen LogP contribution in [0.3, 0.4) is 0 Å². The molecule has 26 heavy (non-hydrogen) atoms. The standard InChI is InChI=1S/C18H17N5O3/c24-18(21-15-3-1-4-17(13-15)23(25)26)19-11-9-14-5-7-16(8-6-14)22-12-2-10-20-22/h1-8,10,12-13H,9,11H2,(H2,19,21,24). The number of amides is 2. The van der Waals surface area contributed by atoms with Crippen molar-refractivity contribution in [1.29, 1.82) is 0 Å². The van der Waals surface area contributed by atoms with Gasteiger partial charge in [0.05, 0.1) is 10.6 Å². The zero-order chi connectivity index (χ0) is 18.4. The number of urea groups is 1. The monoisotopic (exact) mass is 351 g/mol. The Morgan fingerprint density at radius 2 is 1.96 bits per heavy atom. The van der Waals surface area contributed by atoms with Crippen LogP contribution >= 0.6 is 0 Å². The normalized spacial score (nSPS) is 10.3. The highest BCUT2D eigenvalue weighted by atomic mass is 16.6. The first kappa shape index (κ1) is 17.2. The molecule has 0 aliphatic rings. The van der Waals surface area contributed by atoms with Crippen LogP contribution < -0.4 is 10.6 Å². The first-order valence-corrected chi connectivity index (χ1v) is 8.00. The maximum absolute atomic E-state index is 11.9. The van der Waals surface area contributed by atoms with Crippen molar-refractivity contribution in [3.63, 3.8) is 0 Å². The van der Waals surface area contributed by atoms with Gasteiger partial charge < -0.3 is 10.6 Å². The van der Waals surface area contributed by atoms with Crippen LogP contribution in [-0.4, -0.2) is 27.3 Å². The second kappa shape index (κ2) is 7.93. The predicted octanol–water partition coefficient (Wildman–Crippen LogP) is 3.14.